The van der Waals surface area contributed by atoms with Crippen molar-refractivity contribution in [1.29, 1.82) is 0 Å². The van der Waals surface area contributed by atoms with E-state index in [0.29, 0.717) is 23.5 Å². The van der Waals surface area contributed by atoms with Crippen LogP contribution in [0.3, 0.4) is 0 Å². The first-order valence-corrected chi connectivity index (χ1v) is 12.5. The van der Waals surface area contributed by atoms with E-state index in [1.807, 2.05) is 79.1 Å². The highest BCUT2D eigenvalue weighted by atomic mass is 16.6. The highest BCUT2D eigenvalue weighted by molar-refractivity contribution is 5.75. The van der Waals surface area contributed by atoms with E-state index < -0.39 is 5.60 Å². The number of aryl methyl sites for hydroxylation is 2. The molecule has 2 atom stereocenters. The summed E-state index contributed by atoms with van der Waals surface area (Å²) in [6.07, 6.45) is 6.08. The van der Waals surface area contributed by atoms with Crippen molar-refractivity contribution >= 4 is 22.8 Å². The number of nitrogens with zero attached hydrogens (tertiary/aromatic N) is 6. The molecule has 0 saturated carbocycles. The molecule has 1 aliphatic heterocycles. The number of carbonyl (C=O) groups excluding carboxylic acids is 1. The van der Waals surface area contributed by atoms with Crippen molar-refractivity contribution in [1.82, 2.24) is 28.9 Å². The Balaban J connectivity index is 1.47. The molecule has 0 saturated heterocycles. The maximum atomic E-state index is 13.1. The third kappa shape index (κ3) is 4.73. The third-order valence-corrected chi connectivity index (χ3v) is 6.53. The molecule has 192 valence electrons. The summed E-state index contributed by atoms with van der Waals surface area (Å²) in [7, 11) is 0. The molecule has 0 aromatic carbocycles. The zero-order valence-electron chi connectivity index (χ0n) is 22.3. The summed E-state index contributed by atoms with van der Waals surface area (Å²) in [6.45, 7) is 13.5. The molecular formula is C28H32N6O3. The highest BCUT2D eigenvalue weighted by Gasteiger charge is 2.33. The minimum atomic E-state index is -0.552. The summed E-state index contributed by atoms with van der Waals surface area (Å²) in [6, 6.07) is 7.05. The fourth-order valence-corrected chi connectivity index (χ4v) is 4.97. The van der Waals surface area contributed by atoms with E-state index in [9.17, 15) is 9.59 Å². The second kappa shape index (κ2) is 8.83. The number of amides is 1. The molecule has 0 fully saturated rings. The molecule has 1 amide bonds. The van der Waals surface area contributed by atoms with Gasteiger partial charge in [0.1, 0.15) is 16.9 Å². The Morgan fingerprint density at radius 2 is 1.81 bits per heavy atom. The van der Waals surface area contributed by atoms with Gasteiger partial charge in [-0.25, -0.2) is 14.3 Å². The maximum Gasteiger partial charge on any atom is 0.411 e. The van der Waals surface area contributed by atoms with Crippen LogP contribution in [0.4, 0.5) is 4.79 Å². The smallest absolute Gasteiger partial charge is 0.411 e. The van der Waals surface area contributed by atoms with Crippen molar-refractivity contribution < 1.29 is 9.53 Å². The number of carbonyl (C=O) groups is 1. The lowest BCUT2D eigenvalue weighted by Crippen LogP contribution is -2.48. The summed E-state index contributed by atoms with van der Waals surface area (Å²) in [5.41, 5.74) is 5.58. The monoisotopic (exact) mass is 500 g/mol. The molecule has 4 aromatic rings. The van der Waals surface area contributed by atoms with Crippen molar-refractivity contribution in [3.63, 3.8) is 0 Å². The molecule has 9 heteroatoms. The Bertz CT molecular complexity index is 1620. The Morgan fingerprint density at radius 3 is 2.51 bits per heavy atom. The number of pyridine rings is 1. The molecule has 0 N–H and O–H groups in total. The maximum absolute atomic E-state index is 13.1. The van der Waals surface area contributed by atoms with Crippen LogP contribution in [0.1, 0.15) is 58.0 Å². The number of aromatic nitrogens is 5. The molecule has 5 heterocycles. The molecule has 4 aromatic heterocycles. The Kier molecular flexibility index (Phi) is 5.89. The van der Waals surface area contributed by atoms with Gasteiger partial charge in [0.25, 0.3) is 5.56 Å². The molecule has 1 aliphatic rings. The van der Waals surface area contributed by atoms with Gasteiger partial charge in [-0.2, -0.15) is 5.10 Å². The van der Waals surface area contributed by atoms with E-state index in [-0.39, 0.29) is 23.7 Å². The van der Waals surface area contributed by atoms with Gasteiger partial charge >= 0.3 is 6.09 Å². The number of hydrogen-bond acceptors (Lipinski definition) is 6. The molecule has 0 aliphatic carbocycles. The molecule has 2 unspecified atom stereocenters. The van der Waals surface area contributed by atoms with Crippen molar-refractivity contribution in [2.24, 2.45) is 0 Å². The molecular weight excluding hydrogens is 468 g/mol. The topological polar surface area (TPSA) is 94.1 Å². The van der Waals surface area contributed by atoms with Gasteiger partial charge in [-0.15, -0.1) is 0 Å². The van der Waals surface area contributed by atoms with Crippen molar-refractivity contribution in [3.8, 4) is 11.4 Å². The van der Waals surface area contributed by atoms with Crippen LogP contribution in [0, 0.1) is 13.8 Å². The lowest BCUT2D eigenvalue weighted by Gasteiger charge is -2.38. The zero-order valence-corrected chi connectivity index (χ0v) is 22.3. The Hall–Kier alpha value is -4.01. The summed E-state index contributed by atoms with van der Waals surface area (Å²) < 4.78 is 8.94. The summed E-state index contributed by atoms with van der Waals surface area (Å²) in [5.74, 6) is 0. The minimum absolute atomic E-state index is 0.0469. The van der Waals surface area contributed by atoms with E-state index in [4.69, 9.17) is 9.72 Å². The van der Waals surface area contributed by atoms with Gasteiger partial charge in [-0.05, 0) is 84.2 Å². The van der Waals surface area contributed by atoms with E-state index in [1.165, 1.54) is 6.07 Å². The number of hydrogen-bond donors (Lipinski definition) is 0. The Morgan fingerprint density at radius 1 is 1.05 bits per heavy atom. The normalized spacial score (nSPS) is 18.4. The van der Waals surface area contributed by atoms with Crippen LogP contribution in [-0.4, -0.2) is 52.7 Å². The van der Waals surface area contributed by atoms with Gasteiger partial charge in [0.05, 0.1) is 34.8 Å². The number of ether oxygens (including phenoxy) is 1. The third-order valence-electron chi connectivity index (χ3n) is 6.53. The van der Waals surface area contributed by atoms with Crippen LogP contribution < -0.4 is 5.56 Å². The van der Waals surface area contributed by atoms with Crippen LogP contribution in [0.25, 0.3) is 28.1 Å². The zero-order chi connectivity index (χ0) is 26.6. The van der Waals surface area contributed by atoms with Crippen LogP contribution in [0.15, 0.2) is 47.5 Å². The standard InChI is InChI=1S/C28H32N6O3/c1-16-14-33-24(19(4)29-16)12-23(31-33)22-13-26(35)32-15-20(8-9-25(32)30-22)21-10-17(2)34(18(3)11-21)27(36)37-28(5,6)7/h8-10,12-15,17-18H,11H2,1-7H3. The predicted octanol–water partition coefficient (Wildman–Crippen LogP) is 4.82. The quantitative estimate of drug-likeness (QED) is 0.392. The van der Waals surface area contributed by atoms with E-state index in [0.717, 1.165) is 28.0 Å². The number of fused-ring (bicyclic) bond motifs is 2. The van der Waals surface area contributed by atoms with Crippen LogP contribution in [0.5, 0.6) is 0 Å². The highest BCUT2D eigenvalue weighted by Crippen LogP contribution is 2.31. The van der Waals surface area contributed by atoms with Gasteiger partial charge < -0.3 is 4.74 Å². The van der Waals surface area contributed by atoms with Crippen LogP contribution in [-0.2, 0) is 4.74 Å². The lowest BCUT2D eigenvalue weighted by molar-refractivity contribution is 0.0123. The summed E-state index contributed by atoms with van der Waals surface area (Å²) >= 11 is 0. The van der Waals surface area contributed by atoms with Crippen LogP contribution in [0.2, 0.25) is 0 Å². The second-order valence-electron chi connectivity index (χ2n) is 10.8. The predicted molar refractivity (Wildman–Crippen MR) is 143 cm³/mol. The molecule has 37 heavy (non-hydrogen) atoms. The van der Waals surface area contributed by atoms with Gasteiger partial charge in [-0.3, -0.25) is 19.1 Å². The molecule has 0 bridgehead atoms. The van der Waals surface area contributed by atoms with Crippen LogP contribution >= 0.6 is 0 Å². The van der Waals surface area contributed by atoms with Gasteiger partial charge in [0.15, 0.2) is 0 Å². The minimum Gasteiger partial charge on any atom is -0.444 e. The fourth-order valence-electron chi connectivity index (χ4n) is 4.97. The van der Waals surface area contributed by atoms with E-state index in [1.54, 1.807) is 13.8 Å². The molecule has 0 spiro atoms. The van der Waals surface area contributed by atoms with Crippen molar-refractivity contribution in [2.75, 3.05) is 0 Å². The van der Waals surface area contributed by atoms with Crippen molar-refractivity contribution in [2.45, 2.75) is 72.6 Å². The van der Waals surface area contributed by atoms with E-state index >= 15 is 0 Å². The first kappa shape index (κ1) is 24.7. The first-order valence-electron chi connectivity index (χ1n) is 12.5. The van der Waals surface area contributed by atoms with Crippen molar-refractivity contribution in [3.05, 3.63) is 70.0 Å². The fraction of sp³-hybridized carbons (Fsp3) is 0.393. The van der Waals surface area contributed by atoms with E-state index in [2.05, 4.69) is 16.2 Å². The van der Waals surface area contributed by atoms with Gasteiger partial charge in [-0.1, -0.05) is 6.08 Å². The summed E-state index contributed by atoms with van der Waals surface area (Å²) in [5, 5.41) is 4.62. The first-order chi connectivity index (χ1) is 17.4. The SMILES string of the molecule is Cc1cn2nc(-c3cc(=O)n4cc(C5=CC(C)N(C(=O)OC(C)(C)C)C(C)C5)ccc4n3)cc2c(C)n1. The molecule has 0 radical (unpaired) electrons. The largest absolute Gasteiger partial charge is 0.444 e. The average molecular weight is 501 g/mol. The van der Waals surface area contributed by atoms with Gasteiger partial charge in [0, 0.05) is 18.3 Å². The number of rotatable bonds is 2. The molecule has 9 nitrogen and oxygen atoms in total. The Labute approximate surface area is 215 Å². The summed E-state index contributed by atoms with van der Waals surface area (Å²) in [4.78, 5) is 36.9. The average Bonchev–Trinajstić information content (AvgIpc) is 3.21. The molecule has 5 rings (SSSR count). The second-order valence-corrected chi connectivity index (χ2v) is 10.8. The lowest BCUT2D eigenvalue weighted by atomic mass is 9.93. The van der Waals surface area contributed by atoms with Gasteiger partial charge in [0.2, 0.25) is 0 Å².